The number of hydrogen-bond acceptors (Lipinski definition) is 5. The van der Waals surface area contributed by atoms with Crippen molar-refractivity contribution in [1.82, 2.24) is 14.9 Å². The fraction of sp³-hybridized carbons (Fsp3) is 0.765. The van der Waals surface area contributed by atoms with Crippen LogP contribution in [0.25, 0.3) is 0 Å². The number of aromatic nitrogens is 2. The number of anilines is 2. The van der Waals surface area contributed by atoms with Crippen LogP contribution >= 0.6 is 0 Å². The molecule has 122 valence electrons. The van der Waals surface area contributed by atoms with Crippen LogP contribution in [0.5, 0.6) is 0 Å². The van der Waals surface area contributed by atoms with Gasteiger partial charge in [-0.1, -0.05) is 0 Å². The molecule has 2 saturated heterocycles. The summed E-state index contributed by atoms with van der Waals surface area (Å²) in [5.41, 5.74) is 0. The van der Waals surface area contributed by atoms with Gasteiger partial charge in [0.15, 0.2) is 11.6 Å². The summed E-state index contributed by atoms with van der Waals surface area (Å²) in [6.45, 7) is 7.23. The van der Waals surface area contributed by atoms with E-state index in [-0.39, 0.29) is 0 Å². The van der Waals surface area contributed by atoms with Gasteiger partial charge in [-0.05, 0) is 51.6 Å². The summed E-state index contributed by atoms with van der Waals surface area (Å²) >= 11 is 0. The first-order valence-electron chi connectivity index (χ1n) is 8.64. The van der Waals surface area contributed by atoms with E-state index >= 15 is 0 Å². The normalized spacial score (nSPS) is 22.0. The Hall–Kier alpha value is -1.36. The quantitative estimate of drug-likeness (QED) is 0.852. The highest BCUT2D eigenvalue weighted by Gasteiger charge is 2.30. The van der Waals surface area contributed by atoms with Crippen molar-refractivity contribution in [3.63, 3.8) is 0 Å². The second kappa shape index (κ2) is 6.82. The predicted octanol–water partition coefficient (Wildman–Crippen LogP) is 2.24. The largest absolute Gasteiger partial charge is 0.360 e. The van der Waals surface area contributed by atoms with Crippen molar-refractivity contribution in [2.24, 2.45) is 5.92 Å². The zero-order valence-corrected chi connectivity index (χ0v) is 14.2. The molecule has 5 heteroatoms. The Labute approximate surface area is 134 Å². The summed E-state index contributed by atoms with van der Waals surface area (Å²) in [6, 6.07) is 0.736. The number of hydrogen-bond donors (Lipinski definition) is 0. The molecular weight excluding hydrogens is 274 g/mol. The highest BCUT2D eigenvalue weighted by atomic mass is 15.3. The molecule has 0 aliphatic carbocycles. The van der Waals surface area contributed by atoms with Crippen LogP contribution in [0.15, 0.2) is 12.4 Å². The minimum Gasteiger partial charge on any atom is -0.360 e. The Balaban J connectivity index is 1.62. The summed E-state index contributed by atoms with van der Waals surface area (Å²) in [6.07, 6.45) is 8.88. The zero-order valence-electron chi connectivity index (χ0n) is 14.2. The van der Waals surface area contributed by atoms with Gasteiger partial charge in [-0.3, -0.25) is 0 Å². The highest BCUT2D eigenvalue weighted by Crippen LogP contribution is 2.30. The van der Waals surface area contributed by atoms with E-state index in [1.165, 1.54) is 38.8 Å². The van der Waals surface area contributed by atoms with Gasteiger partial charge in [-0.15, -0.1) is 0 Å². The maximum atomic E-state index is 4.58. The number of piperidine rings is 1. The average Bonchev–Trinajstić information content (AvgIpc) is 3.09. The van der Waals surface area contributed by atoms with Crippen molar-refractivity contribution in [1.29, 1.82) is 0 Å². The molecule has 0 aromatic carbocycles. The Bertz CT molecular complexity index is 476. The van der Waals surface area contributed by atoms with Gasteiger partial charge in [0, 0.05) is 45.6 Å². The topological polar surface area (TPSA) is 35.5 Å². The third kappa shape index (κ3) is 3.19. The van der Waals surface area contributed by atoms with E-state index < -0.39 is 0 Å². The van der Waals surface area contributed by atoms with Crippen LogP contribution in [0.1, 0.15) is 32.6 Å². The minimum atomic E-state index is 0.736. The van der Waals surface area contributed by atoms with Gasteiger partial charge in [0.2, 0.25) is 0 Å². The van der Waals surface area contributed by atoms with Crippen molar-refractivity contribution in [2.75, 3.05) is 50.1 Å². The van der Waals surface area contributed by atoms with Gasteiger partial charge >= 0.3 is 0 Å². The first kappa shape index (κ1) is 15.5. The van der Waals surface area contributed by atoms with E-state index in [2.05, 4.69) is 31.6 Å². The fourth-order valence-corrected chi connectivity index (χ4v) is 3.90. The lowest BCUT2D eigenvalue weighted by atomic mass is 9.89. The molecule has 1 aromatic rings. The highest BCUT2D eigenvalue weighted by molar-refractivity contribution is 5.61. The Morgan fingerprint density at radius 3 is 2.32 bits per heavy atom. The third-order valence-corrected chi connectivity index (χ3v) is 5.32. The van der Waals surface area contributed by atoms with E-state index in [0.29, 0.717) is 0 Å². The average molecular weight is 303 g/mol. The van der Waals surface area contributed by atoms with Gasteiger partial charge in [-0.2, -0.15) is 0 Å². The molecule has 1 atom stereocenters. The molecule has 0 saturated carbocycles. The van der Waals surface area contributed by atoms with Crippen molar-refractivity contribution in [3.05, 3.63) is 12.4 Å². The molecular formula is C17H29N5. The van der Waals surface area contributed by atoms with Gasteiger partial charge in [0.25, 0.3) is 0 Å². The zero-order chi connectivity index (χ0) is 15.5. The van der Waals surface area contributed by atoms with E-state index in [1.54, 1.807) is 12.4 Å². The van der Waals surface area contributed by atoms with E-state index in [9.17, 15) is 0 Å². The first-order valence-corrected chi connectivity index (χ1v) is 8.64. The van der Waals surface area contributed by atoms with Gasteiger partial charge in [0.05, 0.1) is 0 Å². The van der Waals surface area contributed by atoms with E-state index in [4.69, 9.17) is 0 Å². The predicted molar refractivity (Wildman–Crippen MR) is 91.6 cm³/mol. The summed E-state index contributed by atoms with van der Waals surface area (Å²) in [7, 11) is 4.07. The SMILES string of the molecule is C[C@@H](C1CCN(c2nccnc2N(C)C)CC1)N1CCCC1. The molecule has 0 spiro atoms. The third-order valence-electron chi connectivity index (χ3n) is 5.32. The lowest BCUT2D eigenvalue weighted by molar-refractivity contribution is 0.167. The van der Waals surface area contributed by atoms with Crippen LogP contribution in [0.2, 0.25) is 0 Å². The molecule has 0 N–H and O–H groups in total. The summed E-state index contributed by atoms with van der Waals surface area (Å²) in [4.78, 5) is 16.2. The first-order chi connectivity index (χ1) is 10.7. The van der Waals surface area contributed by atoms with Gasteiger partial charge in [0.1, 0.15) is 0 Å². The smallest absolute Gasteiger partial charge is 0.171 e. The van der Waals surface area contributed by atoms with E-state index in [0.717, 1.165) is 36.7 Å². The molecule has 2 aliphatic heterocycles. The summed E-state index contributed by atoms with van der Waals surface area (Å²) < 4.78 is 0. The van der Waals surface area contributed by atoms with Crippen LogP contribution in [0.4, 0.5) is 11.6 Å². The molecule has 0 unspecified atom stereocenters. The molecule has 1 aromatic heterocycles. The maximum Gasteiger partial charge on any atom is 0.171 e. The second-order valence-corrected chi connectivity index (χ2v) is 6.91. The molecule has 0 amide bonds. The van der Waals surface area contributed by atoms with Crippen molar-refractivity contribution < 1.29 is 0 Å². The van der Waals surface area contributed by atoms with Crippen LogP contribution in [-0.2, 0) is 0 Å². The van der Waals surface area contributed by atoms with Crippen LogP contribution in [0.3, 0.4) is 0 Å². The lowest BCUT2D eigenvalue weighted by Gasteiger charge is -2.39. The minimum absolute atomic E-state index is 0.736. The number of nitrogens with zero attached hydrogens (tertiary/aromatic N) is 5. The molecule has 3 rings (SSSR count). The van der Waals surface area contributed by atoms with Crippen LogP contribution in [-0.4, -0.2) is 61.2 Å². The maximum absolute atomic E-state index is 4.58. The van der Waals surface area contributed by atoms with Crippen LogP contribution < -0.4 is 9.80 Å². The Kier molecular flexibility index (Phi) is 4.81. The van der Waals surface area contributed by atoms with Gasteiger partial charge in [-0.25, -0.2) is 9.97 Å². The van der Waals surface area contributed by atoms with E-state index in [1.807, 2.05) is 14.1 Å². The molecule has 22 heavy (non-hydrogen) atoms. The lowest BCUT2D eigenvalue weighted by Crippen LogP contribution is -2.43. The van der Waals surface area contributed by atoms with Crippen molar-refractivity contribution in [2.45, 2.75) is 38.6 Å². The fourth-order valence-electron chi connectivity index (χ4n) is 3.90. The van der Waals surface area contributed by atoms with Crippen molar-refractivity contribution in [3.8, 4) is 0 Å². The molecule has 0 bridgehead atoms. The van der Waals surface area contributed by atoms with Crippen molar-refractivity contribution >= 4 is 11.6 Å². The standard InChI is InChI=1S/C17H29N5/c1-14(21-10-4-5-11-21)15-6-12-22(13-7-15)17-16(20(2)3)18-8-9-19-17/h8-9,14-15H,4-7,10-13H2,1-3H3/t14-/m0/s1. The molecule has 2 aliphatic rings. The molecule has 5 nitrogen and oxygen atoms in total. The molecule has 2 fully saturated rings. The Morgan fingerprint density at radius 2 is 1.68 bits per heavy atom. The number of likely N-dealkylation sites (tertiary alicyclic amines) is 1. The molecule has 0 radical (unpaired) electrons. The second-order valence-electron chi connectivity index (χ2n) is 6.91. The molecule has 3 heterocycles. The Morgan fingerprint density at radius 1 is 1.05 bits per heavy atom. The number of rotatable bonds is 4. The van der Waals surface area contributed by atoms with Gasteiger partial charge < -0.3 is 14.7 Å². The summed E-state index contributed by atoms with van der Waals surface area (Å²) in [5, 5.41) is 0. The summed E-state index contributed by atoms with van der Waals surface area (Å²) in [5.74, 6) is 2.85. The van der Waals surface area contributed by atoms with Crippen LogP contribution in [0, 0.1) is 5.92 Å². The monoisotopic (exact) mass is 303 g/mol.